The molecule has 0 bridgehead atoms. The van der Waals surface area contributed by atoms with E-state index in [4.69, 9.17) is 5.73 Å². The van der Waals surface area contributed by atoms with Gasteiger partial charge in [0.05, 0.1) is 17.4 Å². The third-order valence-corrected chi connectivity index (χ3v) is 3.62. The quantitative estimate of drug-likeness (QED) is 0.744. The van der Waals surface area contributed by atoms with E-state index in [-0.39, 0.29) is 0 Å². The molecule has 2 aliphatic rings. The Labute approximate surface area is 121 Å². The molecule has 21 heavy (non-hydrogen) atoms. The topological polar surface area (TPSA) is 82.3 Å². The summed E-state index contributed by atoms with van der Waals surface area (Å²) in [5.74, 6) is 0.530. The van der Waals surface area contributed by atoms with E-state index >= 15 is 0 Å². The minimum Gasteiger partial charge on any atom is -0.383 e. The van der Waals surface area contributed by atoms with Crippen molar-refractivity contribution in [1.29, 1.82) is 0 Å². The fourth-order valence-corrected chi connectivity index (χ4v) is 2.53. The molecule has 3 heterocycles. The number of nitrogens with one attached hydrogen (secondary N) is 2. The van der Waals surface area contributed by atoms with Gasteiger partial charge in [0.25, 0.3) is 0 Å². The molecule has 1 aromatic heterocycles. The molecule has 0 aliphatic carbocycles. The number of nitrogens with two attached hydrogens (primary N) is 1. The second kappa shape index (κ2) is 4.24. The summed E-state index contributed by atoms with van der Waals surface area (Å²) in [4.78, 5) is 6.30. The Morgan fingerprint density at radius 1 is 1.29 bits per heavy atom. The number of nitrogens with zero attached hydrogens (tertiary/aromatic N) is 3. The molecule has 0 saturated carbocycles. The van der Waals surface area contributed by atoms with Crippen LogP contribution in [0.3, 0.4) is 0 Å². The number of benzene rings is 1. The Bertz CT molecular complexity index is 852. The summed E-state index contributed by atoms with van der Waals surface area (Å²) in [6.07, 6.45) is 7.50. The fraction of sp³-hybridized carbons (Fsp3) is 0.0667. The average Bonchev–Trinajstić information content (AvgIpc) is 2.95. The van der Waals surface area contributed by atoms with Gasteiger partial charge < -0.3 is 11.1 Å². The van der Waals surface area contributed by atoms with Crippen molar-refractivity contribution in [2.75, 3.05) is 4.90 Å². The van der Waals surface area contributed by atoms with Crippen LogP contribution in [0.25, 0.3) is 10.9 Å². The highest BCUT2D eigenvalue weighted by atomic mass is 15.2. The average molecular weight is 278 g/mol. The van der Waals surface area contributed by atoms with Crippen LogP contribution in [0.15, 0.2) is 64.5 Å². The number of allylic oxidation sites excluding steroid dienone is 2. The van der Waals surface area contributed by atoms with Crippen molar-refractivity contribution in [2.24, 2.45) is 10.7 Å². The fourth-order valence-electron chi connectivity index (χ4n) is 2.53. The van der Waals surface area contributed by atoms with Crippen molar-refractivity contribution < 1.29 is 0 Å². The van der Waals surface area contributed by atoms with Crippen molar-refractivity contribution >= 4 is 22.9 Å². The molecular weight excluding hydrogens is 264 g/mol. The molecule has 6 nitrogen and oxygen atoms in total. The van der Waals surface area contributed by atoms with E-state index in [0.29, 0.717) is 5.82 Å². The predicted molar refractivity (Wildman–Crippen MR) is 83.3 cm³/mol. The molecule has 6 heteroatoms. The molecule has 0 saturated heterocycles. The first-order valence-electron chi connectivity index (χ1n) is 6.64. The Morgan fingerprint density at radius 2 is 2.19 bits per heavy atom. The van der Waals surface area contributed by atoms with Crippen LogP contribution in [0, 0.1) is 0 Å². The number of anilines is 1. The maximum atomic E-state index is 5.99. The number of fused-ring (bicyclic) bond motifs is 2. The number of H-pyrrole nitrogens is 1. The summed E-state index contributed by atoms with van der Waals surface area (Å²) in [6.45, 7) is 1.99. The standard InChI is InChI=1S/C15H14N6/c1-9-4-12-14(7-17-9)21(8-18-15(12)16)11-2-3-13-10(5-11)6-19-20-13/h2-8,17H,16H2,1H3,(H,19,20). The van der Waals surface area contributed by atoms with E-state index in [9.17, 15) is 0 Å². The number of aromatic amines is 1. The lowest BCUT2D eigenvalue weighted by molar-refractivity contribution is 0.972. The van der Waals surface area contributed by atoms with Crippen molar-refractivity contribution in [3.63, 3.8) is 0 Å². The molecular formula is C15H14N6. The number of aromatic nitrogens is 2. The predicted octanol–water partition coefficient (Wildman–Crippen LogP) is 1.93. The van der Waals surface area contributed by atoms with Gasteiger partial charge in [-0.05, 0) is 31.2 Å². The number of rotatable bonds is 1. The molecule has 0 unspecified atom stereocenters. The van der Waals surface area contributed by atoms with Gasteiger partial charge in [0.1, 0.15) is 12.2 Å². The second-order valence-electron chi connectivity index (χ2n) is 5.06. The number of dihydropyridines is 1. The van der Waals surface area contributed by atoms with Gasteiger partial charge in [-0.2, -0.15) is 5.10 Å². The first kappa shape index (κ1) is 11.8. The van der Waals surface area contributed by atoms with Gasteiger partial charge in [0.15, 0.2) is 0 Å². The first-order chi connectivity index (χ1) is 10.2. The lowest BCUT2D eigenvalue weighted by atomic mass is 10.1. The number of hydrogen-bond donors (Lipinski definition) is 3. The smallest absolute Gasteiger partial charge is 0.134 e. The third-order valence-electron chi connectivity index (χ3n) is 3.62. The van der Waals surface area contributed by atoms with Gasteiger partial charge in [0.2, 0.25) is 0 Å². The van der Waals surface area contributed by atoms with Crippen LogP contribution in [-0.4, -0.2) is 16.5 Å². The first-order valence-corrected chi connectivity index (χ1v) is 6.64. The van der Waals surface area contributed by atoms with Gasteiger partial charge in [0, 0.05) is 28.5 Å². The van der Waals surface area contributed by atoms with Crippen molar-refractivity contribution in [2.45, 2.75) is 6.92 Å². The summed E-state index contributed by atoms with van der Waals surface area (Å²) >= 11 is 0. The zero-order valence-electron chi connectivity index (χ0n) is 11.5. The monoisotopic (exact) mass is 278 g/mol. The van der Waals surface area contributed by atoms with Gasteiger partial charge in [-0.1, -0.05) is 0 Å². The zero-order chi connectivity index (χ0) is 14.4. The second-order valence-corrected chi connectivity index (χ2v) is 5.06. The molecule has 0 atom stereocenters. The van der Waals surface area contributed by atoms with Crippen LogP contribution in [0.4, 0.5) is 5.69 Å². The van der Waals surface area contributed by atoms with E-state index in [1.807, 2.05) is 42.4 Å². The summed E-state index contributed by atoms with van der Waals surface area (Å²) in [5, 5.41) is 11.3. The van der Waals surface area contributed by atoms with Crippen LogP contribution in [-0.2, 0) is 0 Å². The highest BCUT2D eigenvalue weighted by Crippen LogP contribution is 2.31. The van der Waals surface area contributed by atoms with E-state index in [0.717, 1.165) is 33.6 Å². The van der Waals surface area contributed by atoms with Crippen LogP contribution in [0.5, 0.6) is 0 Å². The summed E-state index contributed by atoms with van der Waals surface area (Å²) in [5.41, 5.74) is 11.0. The summed E-state index contributed by atoms with van der Waals surface area (Å²) in [7, 11) is 0. The number of hydrogen-bond acceptors (Lipinski definition) is 5. The molecule has 2 aromatic rings. The molecule has 0 spiro atoms. The van der Waals surface area contributed by atoms with Gasteiger partial charge >= 0.3 is 0 Å². The Morgan fingerprint density at radius 3 is 3.10 bits per heavy atom. The van der Waals surface area contributed by atoms with E-state index in [1.165, 1.54) is 0 Å². The van der Waals surface area contributed by atoms with Crippen molar-refractivity contribution in [1.82, 2.24) is 15.5 Å². The van der Waals surface area contributed by atoms with Crippen LogP contribution in [0.1, 0.15) is 6.92 Å². The number of aliphatic imine (C=N–C) groups is 1. The zero-order valence-corrected chi connectivity index (χ0v) is 11.5. The van der Waals surface area contributed by atoms with E-state index in [1.54, 1.807) is 6.34 Å². The minimum absolute atomic E-state index is 0.530. The van der Waals surface area contributed by atoms with Gasteiger partial charge in [-0.3, -0.25) is 10.00 Å². The molecule has 4 N–H and O–H groups in total. The van der Waals surface area contributed by atoms with Crippen molar-refractivity contribution in [3.8, 4) is 0 Å². The highest BCUT2D eigenvalue weighted by molar-refractivity contribution is 5.92. The molecule has 104 valence electrons. The molecule has 1 aromatic carbocycles. The molecule has 2 aliphatic heterocycles. The van der Waals surface area contributed by atoms with E-state index < -0.39 is 0 Å². The van der Waals surface area contributed by atoms with Crippen molar-refractivity contribution in [3.05, 3.63) is 59.5 Å². The molecule has 0 radical (unpaired) electrons. The van der Waals surface area contributed by atoms with E-state index in [2.05, 4.69) is 26.6 Å². The Hall–Kier alpha value is -3.02. The Kier molecular flexibility index (Phi) is 2.38. The molecule has 4 rings (SSSR count). The SMILES string of the molecule is CC1=CC2=C(N)N=CN(c3ccc4[nH]ncc4c3)C2=CN1. The minimum atomic E-state index is 0.530. The highest BCUT2D eigenvalue weighted by Gasteiger charge is 2.22. The molecule has 0 fully saturated rings. The summed E-state index contributed by atoms with van der Waals surface area (Å²) < 4.78 is 0. The van der Waals surface area contributed by atoms with Gasteiger partial charge in [-0.15, -0.1) is 0 Å². The maximum absolute atomic E-state index is 5.99. The Balaban J connectivity index is 1.81. The summed E-state index contributed by atoms with van der Waals surface area (Å²) in [6, 6.07) is 6.10. The van der Waals surface area contributed by atoms with Crippen LogP contribution < -0.4 is 16.0 Å². The van der Waals surface area contributed by atoms with Crippen LogP contribution in [0.2, 0.25) is 0 Å². The third kappa shape index (κ3) is 1.80. The maximum Gasteiger partial charge on any atom is 0.134 e. The largest absolute Gasteiger partial charge is 0.383 e. The van der Waals surface area contributed by atoms with Crippen LogP contribution >= 0.6 is 0 Å². The molecule has 0 amide bonds. The van der Waals surface area contributed by atoms with Gasteiger partial charge in [-0.25, -0.2) is 4.99 Å². The lowest BCUT2D eigenvalue weighted by Gasteiger charge is -2.30. The lowest BCUT2D eigenvalue weighted by Crippen LogP contribution is -2.30. The normalized spacial score (nSPS) is 17.5.